The predicted molar refractivity (Wildman–Crippen MR) is 132 cm³/mol. The van der Waals surface area contributed by atoms with E-state index in [0.717, 1.165) is 76.4 Å². The third-order valence-electron chi connectivity index (χ3n) is 13.5. The van der Waals surface area contributed by atoms with Gasteiger partial charge in [-0.05, 0) is 120 Å². The van der Waals surface area contributed by atoms with Crippen LogP contribution >= 0.6 is 0 Å². The fraction of sp³-hybridized carbons (Fsp3) is 1.00. The molecule has 0 aromatic rings. The third kappa shape index (κ3) is 2.84. The van der Waals surface area contributed by atoms with Gasteiger partial charge >= 0.3 is 0 Å². The molecule has 0 radical (unpaired) electrons. The summed E-state index contributed by atoms with van der Waals surface area (Å²) in [5, 5.41) is 0. The van der Waals surface area contributed by atoms with E-state index in [-0.39, 0.29) is 0 Å². The van der Waals surface area contributed by atoms with Crippen LogP contribution in [0.4, 0.5) is 0 Å². The van der Waals surface area contributed by atoms with Gasteiger partial charge in [-0.25, -0.2) is 0 Å². The zero-order chi connectivity index (χ0) is 21.7. The Kier molecular flexibility index (Phi) is 5.21. The predicted octanol–water partition coefficient (Wildman–Crippen LogP) is 8.70. The first-order valence-electron chi connectivity index (χ1n) is 14.9. The fourth-order valence-electron chi connectivity index (χ4n) is 11.6. The Balaban J connectivity index is 1.25. The second-order valence-corrected chi connectivity index (χ2v) is 14.5. The van der Waals surface area contributed by atoms with Crippen LogP contribution < -0.4 is 0 Å². The van der Waals surface area contributed by atoms with E-state index >= 15 is 0 Å². The molecule has 6 rings (SSSR count). The third-order valence-corrected chi connectivity index (χ3v) is 13.5. The largest absolute Gasteiger partial charge is 0.0625 e. The minimum atomic E-state index is 0.842. The summed E-state index contributed by atoms with van der Waals surface area (Å²) in [5.74, 6) is 14.8. The van der Waals surface area contributed by atoms with Crippen LogP contribution in [0.2, 0.25) is 0 Å². The molecule has 0 N–H and O–H groups in total. The summed E-state index contributed by atoms with van der Waals surface area (Å²) in [6.07, 6.45) is 15.8. The summed E-state index contributed by atoms with van der Waals surface area (Å²) in [7, 11) is 0. The molecule has 0 saturated heterocycles. The highest BCUT2D eigenvalue weighted by Gasteiger charge is 2.80. The molecule has 6 aliphatic rings. The van der Waals surface area contributed by atoms with Crippen molar-refractivity contribution < 1.29 is 0 Å². The monoisotopic (exact) mass is 424 g/mol. The van der Waals surface area contributed by atoms with Crippen molar-refractivity contribution in [1.29, 1.82) is 0 Å². The second-order valence-electron chi connectivity index (χ2n) is 14.5. The topological polar surface area (TPSA) is 0 Å². The quantitative estimate of drug-likeness (QED) is 0.400. The van der Waals surface area contributed by atoms with Gasteiger partial charge in [-0.2, -0.15) is 0 Å². The lowest BCUT2D eigenvalue weighted by molar-refractivity contribution is -0.197. The Labute approximate surface area is 194 Å². The normalized spacial score (nSPS) is 55.5. The summed E-state index contributed by atoms with van der Waals surface area (Å²) in [6, 6.07) is 0. The maximum Gasteiger partial charge on any atom is -0.0173 e. The highest BCUT2D eigenvalue weighted by molar-refractivity contribution is 5.27. The number of rotatable bonds is 6. The molecule has 12 atom stereocenters. The first kappa shape index (κ1) is 21.5. The van der Waals surface area contributed by atoms with Crippen LogP contribution in [-0.4, -0.2) is 0 Å². The molecule has 6 fully saturated rings. The lowest BCUT2D eigenvalue weighted by atomic mass is 9.37. The maximum atomic E-state index is 2.73. The molecule has 0 aromatic carbocycles. The van der Waals surface area contributed by atoms with Crippen LogP contribution in [0, 0.1) is 88.3 Å². The molecule has 6 aliphatic carbocycles. The molecular weight excluding hydrogens is 372 g/mol. The summed E-state index contributed by atoms with van der Waals surface area (Å²) in [4.78, 5) is 0. The minimum absolute atomic E-state index is 0.842. The van der Waals surface area contributed by atoms with E-state index in [0.29, 0.717) is 0 Å². The van der Waals surface area contributed by atoms with E-state index < -0.39 is 0 Å². The minimum Gasteiger partial charge on any atom is -0.0625 e. The first-order chi connectivity index (χ1) is 14.9. The van der Waals surface area contributed by atoms with Crippen LogP contribution in [0.5, 0.6) is 0 Å². The van der Waals surface area contributed by atoms with Gasteiger partial charge in [-0.1, -0.05) is 73.6 Å². The summed E-state index contributed by atoms with van der Waals surface area (Å²) in [6.45, 7) is 15.4. The molecule has 0 bridgehead atoms. The van der Waals surface area contributed by atoms with Crippen LogP contribution in [-0.2, 0) is 0 Å². The summed E-state index contributed by atoms with van der Waals surface area (Å²) >= 11 is 0. The molecule has 31 heavy (non-hydrogen) atoms. The van der Waals surface area contributed by atoms with Gasteiger partial charge in [-0.15, -0.1) is 0 Å². The Bertz CT molecular complexity index is 662. The molecule has 0 heteroatoms. The van der Waals surface area contributed by atoms with E-state index in [1.54, 1.807) is 51.4 Å². The molecule has 0 amide bonds. The first-order valence-corrected chi connectivity index (χ1v) is 14.9. The van der Waals surface area contributed by atoms with Crippen LogP contribution in [0.15, 0.2) is 0 Å². The molecule has 1 spiro atoms. The summed E-state index contributed by atoms with van der Waals surface area (Å²) < 4.78 is 0. The Morgan fingerprint density at radius 3 is 1.87 bits per heavy atom. The average molecular weight is 425 g/mol. The van der Waals surface area contributed by atoms with Crippen molar-refractivity contribution in [3.8, 4) is 0 Å². The average Bonchev–Trinajstić information content (AvgIpc) is 2.97. The van der Waals surface area contributed by atoms with Crippen molar-refractivity contribution in [2.45, 2.75) is 106 Å². The van der Waals surface area contributed by atoms with Gasteiger partial charge < -0.3 is 0 Å². The molecule has 0 nitrogen and oxygen atoms in total. The van der Waals surface area contributed by atoms with Crippen LogP contribution in [0.25, 0.3) is 0 Å². The molecule has 0 aromatic heterocycles. The Morgan fingerprint density at radius 1 is 0.645 bits per heavy atom. The number of hydrogen-bond donors (Lipinski definition) is 0. The van der Waals surface area contributed by atoms with Crippen molar-refractivity contribution >= 4 is 0 Å². The van der Waals surface area contributed by atoms with Gasteiger partial charge in [0.25, 0.3) is 0 Å². The molecule has 0 aliphatic heterocycles. The maximum absolute atomic E-state index is 2.73. The van der Waals surface area contributed by atoms with E-state index in [1.165, 1.54) is 24.7 Å². The highest BCUT2D eigenvalue weighted by atomic mass is 14.8. The van der Waals surface area contributed by atoms with Gasteiger partial charge in [0.15, 0.2) is 0 Å². The molecular formula is C31H52. The molecule has 6 saturated carbocycles. The van der Waals surface area contributed by atoms with E-state index in [1.807, 2.05) is 0 Å². The number of fused-ring (bicyclic) bond motifs is 3. The lowest BCUT2D eigenvalue weighted by Crippen LogP contribution is -2.62. The Hall–Kier alpha value is 0. The van der Waals surface area contributed by atoms with Crippen molar-refractivity contribution in [3.63, 3.8) is 0 Å². The van der Waals surface area contributed by atoms with Crippen molar-refractivity contribution in [3.05, 3.63) is 0 Å². The van der Waals surface area contributed by atoms with Gasteiger partial charge in [-0.3, -0.25) is 0 Å². The van der Waals surface area contributed by atoms with E-state index in [2.05, 4.69) is 41.5 Å². The molecule has 176 valence electrons. The fourth-order valence-corrected chi connectivity index (χ4v) is 11.6. The van der Waals surface area contributed by atoms with Gasteiger partial charge in [0, 0.05) is 0 Å². The standard InChI is InChI=1S/C31H52/c1-17(2)19(4)20(5)28-21(6)29(30(28)22-9-7-10-22)27-16-26(23-14-13-18(3)15-23)31(27)24-11-8-12-25(24)31/h17-30H,7-16H2,1-6H3. The number of hydrogen-bond acceptors (Lipinski definition) is 0. The summed E-state index contributed by atoms with van der Waals surface area (Å²) in [5.41, 5.74) is 0.867. The van der Waals surface area contributed by atoms with Crippen molar-refractivity contribution in [1.82, 2.24) is 0 Å². The zero-order valence-corrected chi connectivity index (χ0v) is 21.7. The smallest absolute Gasteiger partial charge is 0.0173 e. The van der Waals surface area contributed by atoms with Crippen molar-refractivity contribution in [2.75, 3.05) is 0 Å². The molecule has 0 heterocycles. The van der Waals surface area contributed by atoms with Gasteiger partial charge in [0.1, 0.15) is 0 Å². The van der Waals surface area contributed by atoms with Crippen LogP contribution in [0.1, 0.15) is 106 Å². The SMILES string of the molecule is CC1CCC(C2CC(C3C(C)C(C(C)C(C)C(C)C)C3C3CCC3)C23C2CCCC23)C1. The second kappa shape index (κ2) is 7.50. The van der Waals surface area contributed by atoms with Crippen LogP contribution in [0.3, 0.4) is 0 Å². The highest BCUT2D eigenvalue weighted by Crippen LogP contribution is 2.85. The van der Waals surface area contributed by atoms with E-state index in [9.17, 15) is 0 Å². The zero-order valence-electron chi connectivity index (χ0n) is 21.7. The Morgan fingerprint density at radius 2 is 1.32 bits per heavy atom. The van der Waals surface area contributed by atoms with Gasteiger partial charge in [0.05, 0.1) is 0 Å². The lowest BCUT2D eigenvalue weighted by Gasteiger charge is -2.67. The van der Waals surface area contributed by atoms with Gasteiger partial charge in [0.2, 0.25) is 0 Å². The molecule has 12 unspecified atom stereocenters. The van der Waals surface area contributed by atoms with E-state index in [4.69, 9.17) is 0 Å². The van der Waals surface area contributed by atoms with Crippen molar-refractivity contribution in [2.24, 2.45) is 88.3 Å².